The lowest BCUT2D eigenvalue weighted by Gasteiger charge is -2.28. The molecule has 3 amide bonds. The standard InChI is InChI=1S/C24H46N4O5/c1-5-9-20(22(31)28-16-15-27-18(3)29)11-8-13-24(4,23(32)33-17-14-25)12-7-10-19(6-2)21(26)30/h19-20H,5-17,25H2,1-4H3,(H2,26,30)(H,27,29)(H,28,31). The lowest BCUT2D eigenvalue weighted by atomic mass is 9.78. The number of nitrogens with two attached hydrogens (primary N) is 2. The molecule has 9 heteroatoms. The Balaban J connectivity index is 4.93. The summed E-state index contributed by atoms with van der Waals surface area (Å²) in [5, 5.41) is 5.54. The van der Waals surface area contributed by atoms with Crippen LogP contribution < -0.4 is 22.1 Å². The number of amides is 3. The van der Waals surface area contributed by atoms with Crippen LogP contribution in [0.3, 0.4) is 0 Å². The number of rotatable bonds is 19. The van der Waals surface area contributed by atoms with Crippen molar-refractivity contribution in [3.8, 4) is 0 Å². The van der Waals surface area contributed by atoms with Gasteiger partial charge in [0, 0.05) is 38.4 Å². The van der Waals surface area contributed by atoms with Gasteiger partial charge in [0.2, 0.25) is 17.7 Å². The maximum absolute atomic E-state index is 12.8. The molecule has 0 aromatic heterocycles. The minimum atomic E-state index is -0.705. The molecular formula is C24H46N4O5. The average molecular weight is 471 g/mol. The molecule has 3 atom stereocenters. The van der Waals surface area contributed by atoms with Gasteiger partial charge in [0.25, 0.3) is 0 Å². The van der Waals surface area contributed by atoms with E-state index < -0.39 is 5.41 Å². The molecule has 0 aromatic carbocycles. The molecule has 33 heavy (non-hydrogen) atoms. The molecule has 3 unspecified atom stereocenters. The van der Waals surface area contributed by atoms with Crippen LogP contribution >= 0.6 is 0 Å². The van der Waals surface area contributed by atoms with E-state index in [1.54, 1.807) is 0 Å². The smallest absolute Gasteiger partial charge is 0.311 e. The second-order valence-corrected chi connectivity index (χ2v) is 9.04. The Morgan fingerprint density at radius 3 is 2.00 bits per heavy atom. The van der Waals surface area contributed by atoms with Gasteiger partial charge < -0.3 is 26.8 Å². The molecule has 6 N–H and O–H groups in total. The molecular weight excluding hydrogens is 424 g/mol. The maximum Gasteiger partial charge on any atom is 0.311 e. The lowest BCUT2D eigenvalue weighted by Crippen LogP contribution is -2.37. The van der Waals surface area contributed by atoms with Crippen LogP contribution in [0.15, 0.2) is 0 Å². The largest absolute Gasteiger partial charge is 0.464 e. The summed E-state index contributed by atoms with van der Waals surface area (Å²) >= 11 is 0. The Morgan fingerprint density at radius 1 is 0.939 bits per heavy atom. The molecule has 0 rings (SSSR count). The number of carbonyl (C=O) groups is 4. The third-order valence-corrected chi connectivity index (χ3v) is 6.11. The van der Waals surface area contributed by atoms with Crippen molar-refractivity contribution in [2.24, 2.45) is 28.7 Å². The molecule has 192 valence electrons. The van der Waals surface area contributed by atoms with E-state index in [9.17, 15) is 19.2 Å². The molecule has 0 saturated carbocycles. The quantitative estimate of drug-likeness (QED) is 0.167. The van der Waals surface area contributed by atoms with Gasteiger partial charge in [0.05, 0.1) is 5.41 Å². The predicted octanol–water partition coefficient (Wildman–Crippen LogP) is 2.02. The summed E-state index contributed by atoms with van der Waals surface area (Å²) in [5.41, 5.74) is 10.2. The van der Waals surface area contributed by atoms with E-state index in [-0.39, 0.29) is 48.7 Å². The van der Waals surface area contributed by atoms with E-state index in [2.05, 4.69) is 10.6 Å². The van der Waals surface area contributed by atoms with E-state index >= 15 is 0 Å². The van der Waals surface area contributed by atoms with Crippen LogP contribution in [0.25, 0.3) is 0 Å². The molecule has 0 radical (unpaired) electrons. The van der Waals surface area contributed by atoms with Crippen LogP contribution in [0.1, 0.15) is 85.5 Å². The first-order valence-electron chi connectivity index (χ1n) is 12.3. The second-order valence-electron chi connectivity index (χ2n) is 9.04. The topological polar surface area (TPSA) is 154 Å². The third kappa shape index (κ3) is 13.2. The number of esters is 1. The fourth-order valence-corrected chi connectivity index (χ4v) is 4.00. The summed E-state index contributed by atoms with van der Waals surface area (Å²) in [7, 11) is 0. The Labute approximate surface area is 199 Å². The van der Waals surface area contributed by atoms with Crippen molar-refractivity contribution in [3.05, 3.63) is 0 Å². The van der Waals surface area contributed by atoms with Gasteiger partial charge in [-0.2, -0.15) is 0 Å². The third-order valence-electron chi connectivity index (χ3n) is 6.11. The van der Waals surface area contributed by atoms with Gasteiger partial charge in [-0.25, -0.2) is 0 Å². The minimum absolute atomic E-state index is 0.0261. The number of carbonyl (C=O) groups excluding carboxylic acids is 4. The Morgan fingerprint density at radius 2 is 1.52 bits per heavy atom. The van der Waals surface area contributed by atoms with Gasteiger partial charge in [0.15, 0.2) is 0 Å². The fourth-order valence-electron chi connectivity index (χ4n) is 4.00. The van der Waals surface area contributed by atoms with Gasteiger partial charge in [0.1, 0.15) is 6.61 Å². The molecule has 9 nitrogen and oxygen atoms in total. The van der Waals surface area contributed by atoms with Crippen LogP contribution in [0.2, 0.25) is 0 Å². The van der Waals surface area contributed by atoms with Gasteiger partial charge in [-0.1, -0.05) is 33.1 Å². The molecule has 0 spiro atoms. The van der Waals surface area contributed by atoms with Crippen molar-refractivity contribution in [2.75, 3.05) is 26.2 Å². The summed E-state index contributed by atoms with van der Waals surface area (Å²) in [5.74, 6) is -1.08. The highest BCUT2D eigenvalue weighted by molar-refractivity contribution is 5.79. The summed E-state index contributed by atoms with van der Waals surface area (Å²) in [6.45, 7) is 8.51. The van der Waals surface area contributed by atoms with Crippen molar-refractivity contribution in [3.63, 3.8) is 0 Å². The number of primary amides is 1. The molecule has 0 aliphatic carbocycles. The molecule has 0 aromatic rings. The number of hydrogen-bond donors (Lipinski definition) is 4. The molecule has 0 aliphatic rings. The van der Waals surface area contributed by atoms with Crippen LogP contribution in [0.5, 0.6) is 0 Å². The van der Waals surface area contributed by atoms with Crippen LogP contribution in [-0.2, 0) is 23.9 Å². The Bertz CT molecular complexity index is 614. The fraction of sp³-hybridized carbons (Fsp3) is 0.833. The number of nitrogens with one attached hydrogen (secondary N) is 2. The zero-order valence-electron chi connectivity index (χ0n) is 21.0. The highest BCUT2D eigenvalue weighted by atomic mass is 16.5. The zero-order valence-corrected chi connectivity index (χ0v) is 21.0. The van der Waals surface area contributed by atoms with Gasteiger partial charge in [-0.3, -0.25) is 19.2 Å². The van der Waals surface area contributed by atoms with E-state index in [1.165, 1.54) is 6.92 Å². The Kier molecular flexibility index (Phi) is 16.2. The highest BCUT2D eigenvalue weighted by Crippen LogP contribution is 2.34. The lowest BCUT2D eigenvalue weighted by molar-refractivity contribution is -0.155. The summed E-state index contributed by atoms with van der Waals surface area (Å²) in [6, 6.07) is 0. The van der Waals surface area contributed by atoms with Crippen LogP contribution in [-0.4, -0.2) is 49.9 Å². The Hall–Kier alpha value is -2.16. The molecule has 0 heterocycles. The zero-order chi connectivity index (χ0) is 25.3. The van der Waals surface area contributed by atoms with Crippen LogP contribution in [0.4, 0.5) is 0 Å². The summed E-state index contributed by atoms with van der Waals surface area (Å²) < 4.78 is 5.36. The average Bonchev–Trinajstić information content (AvgIpc) is 2.76. The summed E-state index contributed by atoms with van der Waals surface area (Å²) in [6.07, 6.45) is 6.19. The number of ether oxygens (including phenoxy) is 1. The van der Waals surface area contributed by atoms with Crippen molar-refractivity contribution >= 4 is 23.7 Å². The van der Waals surface area contributed by atoms with Crippen LogP contribution in [0, 0.1) is 17.3 Å². The highest BCUT2D eigenvalue weighted by Gasteiger charge is 2.34. The first-order valence-corrected chi connectivity index (χ1v) is 12.3. The normalized spacial score (nSPS) is 14.6. The molecule has 0 saturated heterocycles. The van der Waals surface area contributed by atoms with E-state index in [0.29, 0.717) is 58.0 Å². The first kappa shape index (κ1) is 30.8. The predicted molar refractivity (Wildman–Crippen MR) is 129 cm³/mol. The maximum atomic E-state index is 12.8. The molecule has 0 aliphatic heterocycles. The summed E-state index contributed by atoms with van der Waals surface area (Å²) in [4.78, 5) is 47.8. The molecule has 0 bridgehead atoms. The minimum Gasteiger partial charge on any atom is -0.464 e. The first-order chi connectivity index (χ1) is 15.6. The van der Waals surface area contributed by atoms with E-state index in [4.69, 9.17) is 16.2 Å². The number of hydrogen-bond acceptors (Lipinski definition) is 6. The van der Waals surface area contributed by atoms with Gasteiger partial charge in [-0.15, -0.1) is 0 Å². The SMILES string of the molecule is CCCC(CCCC(C)(CCCC(CC)C(N)=O)C(=O)OCCN)C(=O)NCCNC(C)=O. The van der Waals surface area contributed by atoms with Crippen molar-refractivity contribution in [1.29, 1.82) is 0 Å². The van der Waals surface area contributed by atoms with E-state index in [1.807, 2.05) is 20.8 Å². The van der Waals surface area contributed by atoms with Gasteiger partial charge in [-0.05, 0) is 45.4 Å². The van der Waals surface area contributed by atoms with Gasteiger partial charge >= 0.3 is 5.97 Å². The monoisotopic (exact) mass is 470 g/mol. The van der Waals surface area contributed by atoms with E-state index in [0.717, 1.165) is 12.8 Å². The van der Waals surface area contributed by atoms with Crippen molar-refractivity contribution in [1.82, 2.24) is 10.6 Å². The van der Waals surface area contributed by atoms with Crippen molar-refractivity contribution < 1.29 is 23.9 Å². The van der Waals surface area contributed by atoms with Crippen molar-refractivity contribution in [2.45, 2.75) is 85.5 Å². The second kappa shape index (κ2) is 17.3. The molecule has 0 fully saturated rings.